The van der Waals surface area contributed by atoms with Crippen molar-refractivity contribution in [3.05, 3.63) is 35.4 Å². The van der Waals surface area contributed by atoms with Gasteiger partial charge in [0.1, 0.15) is 0 Å². The van der Waals surface area contributed by atoms with Crippen molar-refractivity contribution in [2.45, 2.75) is 44.6 Å². The van der Waals surface area contributed by atoms with Crippen molar-refractivity contribution in [3.8, 4) is 6.07 Å². The summed E-state index contributed by atoms with van der Waals surface area (Å²) in [6.07, 6.45) is 5.22. The maximum absolute atomic E-state index is 8.76. The number of hydrogen-bond acceptors (Lipinski definition) is 2. The van der Waals surface area contributed by atoms with Gasteiger partial charge in [0.2, 0.25) is 0 Å². The Kier molecular flexibility index (Phi) is 4.17. The van der Waals surface area contributed by atoms with Crippen molar-refractivity contribution in [1.29, 1.82) is 5.26 Å². The van der Waals surface area contributed by atoms with Crippen molar-refractivity contribution >= 4 is 0 Å². The molecule has 1 aliphatic rings. The van der Waals surface area contributed by atoms with E-state index < -0.39 is 0 Å². The number of ether oxygens (including phenoxy) is 1. The summed E-state index contributed by atoms with van der Waals surface area (Å²) in [6.45, 7) is 3.03. The predicted octanol–water partition coefficient (Wildman–Crippen LogP) is 3.62. The van der Waals surface area contributed by atoms with Gasteiger partial charge in [0, 0.05) is 5.92 Å². The molecule has 1 heterocycles. The van der Waals surface area contributed by atoms with Crippen LogP contribution in [0, 0.1) is 11.3 Å². The molecule has 2 unspecified atom stereocenters. The highest BCUT2D eigenvalue weighted by Gasteiger charge is 2.22. The fourth-order valence-electron chi connectivity index (χ4n) is 2.45. The first kappa shape index (κ1) is 12.1. The van der Waals surface area contributed by atoms with Gasteiger partial charge in [-0.3, -0.25) is 0 Å². The van der Waals surface area contributed by atoms with Gasteiger partial charge in [-0.1, -0.05) is 25.5 Å². The molecule has 2 rings (SSSR count). The molecule has 0 aromatic heterocycles. The maximum atomic E-state index is 8.76. The molecule has 1 aliphatic heterocycles. The van der Waals surface area contributed by atoms with Crippen LogP contribution in [-0.4, -0.2) is 12.7 Å². The summed E-state index contributed by atoms with van der Waals surface area (Å²) >= 11 is 0. The van der Waals surface area contributed by atoms with Gasteiger partial charge in [-0.15, -0.1) is 0 Å². The molecule has 1 fully saturated rings. The number of nitrogens with zero attached hydrogens (tertiary/aromatic N) is 1. The topological polar surface area (TPSA) is 33.0 Å². The number of benzene rings is 1. The van der Waals surface area contributed by atoms with E-state index in [1.807, 2.05) is 12.1 Å². The van der Waals surface area contributed by atoms with Crippen LogP contribution in [0.3, 0.4) is 0 Å². The minimum atomic E-state index is 0.467. The third kappa shape index (κ3) is 3.08. The van der Waals surface area contributed by atoms with Crippen molar-refractivity contribution in [3.63, 3.8) is 0 Å². The largest absolute Gasteiger partial charge is 0.378 e. The molecule has 90 valence electrons. The molecule has 0 spiro atoms. The molecule has 1 saturated heterocycles. The van der Waals surface area contributed by atoms with E-state index in [0.29, 0.717) is 12.0 Å². The van der Waals surface area contributed by atoms with Crippen LogP contribution in [0.1, 0.15) is 49.7 Å². The van der Waals surface area contributed by atoms with E-state index >= 15 is 0 Å². The van der Waals surface area contributed by atoms with Crippen LogP contribution in [-0.2, 0) is 4.74 Å². The lowest BCUT2D eigenvalue weighted by Crippen LogP contribution is -2.24. The van der Waals surface area contributed by atoms with Gasteiger partial charge >= 0.3 is 0 Å². The van der Waals surface area contributed by atoms with Crippen LogP contribution in [0.4, 0.5) is 0 Å². The second-order valence-electron chi connectivity index (χ2n) is 4.75. The fraction of sp³-hybridized carbons (Fsp3) is 0.533. The zero-order valence-electron chi connectivity index (χ0n) is 10.4. The lowest BCUT2D eigenvalue weighted by Gasteiger charge is -2.29. The second-order valence-corrected chi connectivity index (χ2v) is 4.75. The monoisotopic (exact) mass is 229 g/mol. The molecule has 0 bridgehead atoms. The SMILES string of the molecule is CCCC1CCC(c2ccc(C#N)cc2)CO1. The molecule has 0 aliphatic carbocycles. The second kappa shape index (κ2) is 5.84. The standard InChI is InChI=1S/C15H19NO/c1-2-3-15-9-8-14(11-17-15)13-6-4-12(10-16)5-7-13/h4-7,14-15H,2-3,8-9,11H2,1H3. The number of rotatable bonds is 3. The number of nitriles is 1. The lowest BCUT2D eigenvalue weighted by atomic mass is 9.90. The molecule has 0 saturated carbocycles. The van der Waals surface area contributed by atoms with E-state index in [1.54, 1.807) is 0 Å². The molecule has 2 heteroatoms. The molecule has 0 radical (unpaired) electrons. The Morgan fingerprint density at radius 1 is 1.29 bits per heavy atom. The lowest BCUT2D eigenvalue weighted by molar-refractivity contribution is -0.00111. The first-order valence-electron chi connectivity index (χ1n) is 6.45. The Labute approximate surface area is 103 Å². The molecule has 2 nitrogen and oxygen atoms in total. The van der Waals surface area contributed by atoms with Gasteiger partial charge in [-0.2, -0.15) is 5.26 Å². The van der Waals surface area contributed by atoms with E-state index in [1.165, 1.54) is 31.2 Å². The zero-order chi connectivity index (χ0) is 12.1. The predicted molar refractivity (Wildman–Crippen MR) is 67.8 cm³/mol. The Hall–Kier alpha value is -1.33. The fourth-order valence-corrected chi connectivity index (χ4v) is 2.45. The highest BCUT2D eigenvalue weighted by atomic mass is 16.5. The highest BCUT2D eigenvalue weighted by molar-refractivity contribution is 5.33. The van der Waals surface area contributed by atoms with Gasteiger partial charge in [-0.05, 0) is 37.0 Å². The third-order valence-corrected chi connectivity index (χ3v) is 3.49. The first-order valence-corrected chi connectivity index (χ1v) is 6.45. The summed E-state index contributed by atoms with van der Waals surface area (Å²) in [5, 5.41) is 8.76. The van der Waals surface area contributed by atoms with Crippen molar-refractivity contribution in [1.82, 2.24) is 0 Å². The first-order chi connectivity index (χ1) is 8.33. The molecular weight excluding hydrogens is 210 g/mol. The van der Waals surface area contributed by atoms with E-state index in [9.17, 15) is 0 Å². The normalized spacial score (nSPS) is 24.2. The van der Waals surface area contributed by atoms with E-state index in [2.05, 4.69) is 25.1 Å². The summed E-state index contributed by atoms with van der Waals surface area (Å²) in [4.78, 5) is 0. The summed E-state index contributed by atoms with van der Waals surface area (Å²) in [6, 6.07) is 10.1. The van der Waals surface area contributed by atoms with Gasteiger partial charge in [0.25, 0.3) is 0 Å². The summed E-state index contributed by atoms with van der Waals surface area (Å²) < 4.78 is 5.88. The molecule has 1 aromatic carbocycles. The number of hydrogen-bond donors (Lipinski definition) is 0. The molecular formula is C15H19NO. The van der Waals surface area contributed by atoms with E-state index in [-0.39, 0.29) is 0 Å². The van der Waals surface area contributed by atoms with E-state index in [4.69, 9.17) is 10.00 Å². The maximum Gasteiger partial charge on any atom is 0.0991 e. The smallest absolute Gasteiger partial charge is 0.0991 e. The van der Waals surface area contributed by atoms with Gasteiger partial charge in [-0.25, -0.2) is 0 Å². The van der Waals surface area contributed by atoms with Crippen LogP contribution >= 0.6 is 0 Å². The zero-order valence-corrected chi connectivity index (χ0v) is 10.4. The molecule has 1 aromatic rings. The Bertz CT molecular complexity index is 382. The average molecular weight is 229 g/mol. The van der Waals surface area contributed by atoms with Gasteiger partial charge < -0.3 is 4.74 Å². The molecule has 0 amide bonds. The minimum Gasteiger partial charge on any atom is -0.378 e. The Balaban J connectivity index is 1.94. The Morgan fingerprint density at radius 2 is 2.06 bits per heavy atom. The van der Waals surface area contributed by atoms with Gasteiger partial charge in [0.15, 0.2) is 0 Å². The average Bonchev–Trinajstić information content (AvgIpc) is 2.40. The summed E-state index contributed by atoms with van der Waals surface area (Å²) in [5.74, 6) is 0.510. The van der Waals surface area contributed by atoms with Crippen LogP contribution in [0.5, 0.6) is 0 Å². The summed E-state index contributed by atoms with van der Waals surface area (Å²) in [5.41, 5.74) is 2.04. The van der Waals surface area contributed by atoms with Crippen LogP contribution < -0.4 is 0 Å². The minimum absolute atomic E-state index is 0.467. The van der Waals surface area contributed by atoms with Crippen molar-refractivity contribution in [2.75, 3.05) is 6.61 Å². The van der Waals surface area contributed by atoms with E-state index in [0.717, 1.165) is 12.2 Å². The molecule has 0 N–H and O–H groups in total. The third-order valence-electron chi connectivity index (χ3n) is 3.49. The van der Waals surface area contributed by atoms with Crippen LogP contribution in [0.2, 0.25) is 0 Å². The highest BCUT2D eigenvalue weighted by Crippen LogP contribution is 2.29. The quantitative estimate of drug-likeness (QED) is 0.793. The van der Waals surface area contributed by atoms with Gasteiger partial charge in [0.05, 0.1) is 24.3 Å². The molecule has 2 atom stereocenters. The molecule has 17 heavy (non-hydrogen) atoms. The van der Waals surface area contributed by atoms with Crippen LogP contribution in [0.15, 0.2) is 24.3 Å². The van der Waals surface area contributed by atoms with Crippen molar-refractivity contribution in [2.24, 2.45) is 0 Å². The van der Waals surface area contributed by atoms with Crippen molar-refractivity contribution < 1.29 is 4.74 Å². The van der Waals surface area contributed by atoms with Crippen LogP contribution in [0.25, 0.3) is 0 Å². The summed E-state index contributed by atoms with van der Waals surface area (Å²) in [7, 11) is 0. The Morgan fingerprint density at radius 3 is 2.59 bits per heavy atom.